The summed E-state index contributed by atoms with van der Waals surface area (Å²) in [5, 5.41) is 6.64. The lowest BCUT2D eigenvalue weighted by Gasteiger charge is -2.15. The van der Waals surface area contributed by atoms with Crippen LogP contribution in [0.15, 0.2) is 29.3 Å². The van der Waals surface area contributed by atoms with Gasteiger partial charge < -0.3 is 15.5 Å². The molecule has 2 N–H and O–H groups in total. The number of nitrogens with one attached hydrogen (secondary N) is 2. The third-order valence-corrected chi connectivity index (χ3v) is 3.87. The molecule has 1 aromatic carbocycles. The van der Waals surface area contributed by atoms with E-state index in [1.54, 1.807) is 19.2 Å². The molecule has 0 radical (unpaired) electrons. The highest BCUT2D eigenvalue weighted by Crippen LogP contribution is 2.12. The zero-order valence-corrected chi connectivity index (χ0v) is 15.6. The van der Waals surface area contributed by atoms with Crippen LogP contribution in [0.1, 0.15) is 12.0 Å². The van der Waals surface area contributed by atoms with Crippen molar-refractivity contribution in [3.63, 3.8) is 0 Å². The number of aliphatic imine (C=N–C) groups is 1. The Kier molecular flexibility index (Phi) is 8.70. The highest BCUT2D eigenvalue weighted by Gasteiger charge is 2.19. The zero-order valence-electron chi connectivity index (χ0n) is 13.3. The molecule has 1 aliphatic rings. The Hall–Kier alpha value is -0.890. The van der Waals surface area contributed by atoms with Crippen molar-refractivity contribution in [1.29, 1.82) is 0 Å². The van der Waals surface area contributed by atoms with Gasteiger partial charge in [-0.05, 0) is 50.0 Å². The van der Waals surface area contributed by atoms with E-state index in [-0.39, 0.29) is 29.8 Å². The van der Waals surface area contributed by atoms with Crippen LogP contribution in [-0.2, 0) is 6.42 Å². The van der Waals surface area contributed by atoms with Crippen molar-refractivity contribution in [3.05, 3.63) is 35.6 Å². The van der Waals surface area contributed by atoms with E-state index in [4.69, 9.17) is 0 Å². The number of halogens is 2. The molecule has 1 unspecified atom stereocenters. The minimum absolute atomic E-state index is 0. The molecule has 124 valence electrons. The lowest BCUT2D eigenvalue weighted by molar-refractivity contribution is 0.394. The number of likely N-dealkylation sites (tertiary alicyclic amines) is 1. The van der Waals surface area contributed by atoms with Gasteiger partial charge in [0.25, 0.3) is 0 Å². The van der Waals surface area contributed by atoms with Crippen LogP contribution >= 0.6 is 24.0 Å². The Balaban J connectivity index is 0.00000242. The largest absolute Gasteiger partial charge is 0.356 e. The molecule has 1 aliphatic heterocycles. The molecule has 1 heterocycles. The van der Waals surface area contributed by atoms with Crippen molar-refractivity contribution < 1.29 is 4.39 Å². The maximum Gasteiger partial charge on any atom is 0.190 e. The van der Waals surface area contributed by atoms with E-state index in [0.29, 0.717) is 5.92 Å². The molecule has 0 bridgehead atoms. The Bertz CT molecular complexity index is 481. The summed E-state index contributed by atoms with van der Waals surface area (Å²) in [5.41, 5.74) is 0.996. The zero-order chi connectivity index (χ0) is 15.1. The van der Waals surface area contributed by atoms with E-state index in [9.17, 15) is 4.39 Å². The van der Waals surface area contributed by atoms with Gasteiger partial charge in [-0.3, -0.25) is 4.99 Å². The second-order valence-corrected chi connectivity index (χ2v) is 5.68. The lowest BCUT2D eigenvalue weighted by atomic mass is 10.1. The van der Waals surface area contributed by atoms with E-state index < -0.39 is 0 Å². The molecular weight excluding hydrogens is 394 g/mol. The predicted molar refractivity (Wildman–Crippen MR) is 100 cm³/mol. The van der Waals surface area contributed by atoms with Gasteiger partial charge in [0.15, 0.2) is 5.96 Å². The van der Waals surface area contributed by atoms with Crippen LogP contribution in [0.2, 0.25) is 0 Å². The highest BCUT2D eigenvalue weighted by atomic mass is 127. The first-order valence-electron chi connectivity index (χ1n) is 7.55. The third-order valence-electron chi connectivity index (χ3n) is 3.87. The number of rotatable bonds is 5. The Labute approximate surface area is 149 Å². The first-order chi connectivity index (χ1) is 10.2. The molecule has 0 amide bonds. The van der Waals surface area contributed by atoms with Crippen molar-refractivity contribution in [2.75, 3.05) is 40.3 Å². The summed E-state index contributed by atoms with van der Waals surface area (Å²) in [4.78, 5) is 6.58. The van der Waals surface area contributed by atoms with Crippen LogP contribution in [0.4, 0.5) is 4.39 Å². The normalized spacial score (nSPS) is 18.9. The second-order valence-electron chi connectivity index (χ2n) is 5.68. The molecular formula is C16H26FIN4. The van der Waals surface area contributed by atoms with Crippen LogP contribution in [0.5, 0.6) is 0 Å². The Morgan fingerprint density at radius 1 is 1.41 bits per heavy atom. The van der Waals surface area contributed by atoms with Gasteiger partial charge in [-0.2, -0.15) is 0 Å². The van der Waals surface area contributed by atoms with Crippen LogP contribution in [0.3, 0.4) is 0 Å². The summed E-state index contributed by atoms with van der Waals surface area (Å²) in [6, 6.07) is 6.73. The third kappa shape index (κ3) is 6.48. The fourth-order valence-electron chi connectivity index (χ4n) is 2.67. The van der Waals surface area contributed by atoms with Gasteiger partial charge in [0.05, 0.1) is 0 Å². The maximum absolute atomic E-state index is 13.1. The van der Waals surface area contributed by atoms with Gasteiger partial charge in [0.1, 0.15) is 5.82 Å². The summed E-state index contributed by atoms with van der Waals surface area (Å²) in [7, 11) is 3.93. The molecule has 0 spiro atoms. The van der Waals surface area contributed by atoms with Crippen molar-refractivity contribution in [3.8, 4) is 0 Å². The standard InChI is InChI=1S/C16H25FN4.HI/c1-18-16(20-11-14-7-9-21(2)12-14)19-8-6-13-4-3-5-15(17)10-13;/h3-5,10,14H,6-9,11-12H2,1-2H3,(H2,18,19,20);1H. The average molecular weight is 420 g/mol. The molecule has 0 aliphatic carbocycles. The Morgan fingerprint density at radius 3 is 2.86 bits per heavy atom. The maximum atomic E-state index is 13.1. The van der Waals surface area contributed by atoms with E-state index >= 15 is 0 Å². The number of hydrogen-bond donors (Lipinski definition) is 2. The van der Waals surface area contributed by atoms with Crippen molar-refractivity contribution >= 4 is 29.9 Å². The molecule has 1 aromatic rings. The summed E-state index contributed by atoms with van der Waals surface area (Å²) < 4.78 is 13.1. The SMILES string of the molecule is CN=C(NCCc1cccc(F)c1)NCC1CCN(C)C1.I. The second kappa shape index (κ2) is 9.99. The summed E-state index contributed by atoms with van der Waals surface area (Å²) in [6.45, 7) is 4.02. The van der Waals surface area contributed by atoms with Crippen molar-refractivity contribution in [2.24, 2.45) is 10.9 Å². The molecule has 1 atom stereocenters. The molecule has 6 heteroatoms. The molecule has 4 nitrogen and oxygen atoms in total. The topological polar surface area (TPSA) is 39.7 Å². The van der Waals surface area contributed by atoms with Gasteiger partial charge in [0.2, 0.25) is 0 Å². The van der Waals surface area contributed by atoms with Crippen LogP contribution in [0, 0.1) is 11.7 Å². The predicted octanol–water partition coefficient (Wildman–Crippen LogP) is 2.10. The first kappa shape index (κ1) is 19.2. The monoisotopic (exact) mass is 420 g/mol. The summed E-state index contributed by atoms with van der Waals surface area (Å²) in [5.74, 6) is 1.33. The van der Waals surface area contributed by atoms with Gasteiger partial charge >= 0.3 is 0 Å². The van der Waals surface area contributed by atoms with Crippen LogP contribution in [-0.4, -0.2) is 51.1 Å². The van der Waals surface area contributed by atoms with Gasteiger partial charge in [-0.1, -0.05) is 12.1 Å². The number of nitrogens with zero attached hydrogens (tertiary/aromatic N) is 2. The van der Waals surface area contributed by atoms with Crippen LogP contribution < -0.4 is 10.6 Å². The molecule has 0 saturated carbocycles. The molecule has 1 saturated heterocycles. The van der Waals surface area contributed by atoms with Crippen molar-refractivity contribution in [1.82, 2.24) is 15.5 Å². The number of guanidine groups is 1. The minimum Gasteiger partial charge on any atom is -0.356 e. The average Bonchev–Trinajstić information content (AvgIpc) is 2.88. The van der Waals surface area contributed by atoms with E-state index in [0.717, 1.165) is 37.6 Å². The van der Waals surface area contributed by atoms with E-state index in [2.05, 4.69) is 27.6 Å². The smallest absolute Gasteiger partial charge is 0.190 e. The fourth-order valence-corrected chi connectivity index (χ4v) is 2.67. The highest BCUT2D eigenvalue weighted by molar-refractivity contribution is 14.0. The molecule has 22 heavy (non-hydrogen) atoms. The van der Waals surface area contributed by atoms with Crippen molar-refractivity contribution in [2.45, 2.75) is 12.8 Å². The van der Waals surface area contributed by atoms with Gasteiger partial charge in [-0.15, -0.1) is 24.0 Å². The molecule has 2 rings (SSSR count). The van der Waals surface area contributed by atoms with Gasteiger partial charge in [-0.25, -0.2) is 4.39 Å². The lowest BCUT2D eigenvalue weighted by Crippen LogP contribution is -2.41. The first-order valence-corrected chi connectivity index (χ1v) is 7.55. The summed E-state index contributed by atoms with van der Waals surface area (Å²) in [6.07, 6.45) is 2.02. The minimum atomic E-state index is -0.180. The molecule has 0 aromatic heterocycles. The Morgan fingerprint density at radius 2 is 2.23 bits per heavy atom. The van der Waals surface area contributed by atoms with E-state index in [1.807, 2.05) is 6.07 Å². The quantitative estimate of drug-likeness (QED) is 0.436. The van der Waals surface area contributed by atoms with Gasteiger partial charge in [0, 0.05) is 26.7 Å². The number of benzene rings is 1. The van der Waals surface area contributed by atoms with E-state index in [1.165, 1.54) is 19.0 Å². The molecule has 1 fully saturated rings. The fraction of sp³-hybridized carbons (Fsp3) is 0.562. The number of hydrogen-bond acceptors (Lipinski definition) is 2. The summed E-state index contributed by atoms with van der Waals surface area (Å²) >= 11 is 0. The van der Waals surface area contributed by atoms with Crippen LogP contribution in [0.25, 0.3) is 0 Å².